The lowest BCUT2D eigenvalue weighted by molar-refractivity contribution is 0.0935. The second-order valence-corrected chi connectivity index (χ2v) is 7.99. The number of alkyl halides is 1. The fourth-order valence-corrected chi connectivity index (χ4v) is 3.00. The van der Waals surface area contributed by atoms with Gasteiger partial charge in [0.15, 0.2) is 0 Å². The Labute approximate surface area is 159 Å². The van der Waals surface area contributed by atoms with Crippen LogP contribution in [0.5, 0.6) is 0 Å². The van der Waals surface area contributed by atoms with E-state index in [-0.39, 0.29) is 5.91 Å². The van der Waals surface area contributed by atoms with Crippen LogP contribution < -0.4 is 10.6 Å². The van der Waals surface area contributed by atoms with Gasteiger partial charge in [-0.25, -0.2) is 0 Å². The van der Waals surface area contributed by atoms with Crippen molar-refractivity contribution in [3.63, 3.8) is 0 Å². The van der Waals surface area contributed by atoms with Gasteiger partial charge >= 0.3 is 0 Å². The SMILES string of the molecule is Cc1cccc(C(=O)NC(Nc2cccc3ccccc23)C(C)(C)Cl)c1. The lowest BCUT2D eigenvalue weighted by Gasteiger charge is -2.31. The van der Waals surface area contributed by atoms with Crippen LogP contribution in [0.2, 0.25) is 0 Å². The van der Waals surface area contributed by atoms with Crippen molar-refractivity contribution in [2.75, 3.05) is 5.32 Å². The summed E-state index contributed by atoms with van der Waals surface area (Å²) in [5.41, 5.74) is 2.60. The Morgan fingerprint density at radius 1 is 1.00 bits per heavy atom. The Morgan fingerprint density at radius 3 is 2.42 bits per heavy atom. The summed E-state index contributed by atoms with van der Waals surface area (Å²) < 4.78 is 0. The summed E-state index contributed by atoms with van der Waals surface area (Å²) in [6.07, 6.45) is -0.442. The molecule has 3 nitrogen and oxygen atoms in total. The van der Waals surface area contributed by atoms with Gasteiger partial charge < -0.3 is 10.6 Å². The number of fused-ring (bicyclic) bond motifs is 1. The van der Waals surface area contributed by atoms with Crippen LogP contribution in [0.1, 0.15) is 29.8 Å². The molecule has 0 bridgehead atoms. The van der Waals surface area contributed by atoms with Crippen molar-refractivity contribution in [2.45, 2.75) is 31.8 Å². The smallest absolute Gasteiger partial charge is 0.252 e. The molecular formula is C22H23ClN2O. The highest BCUT2D eigenvalue weighted by atomic mass is 35.5. The number of benzene rings is 3. The zero-order valence-electron chi connectivity index (χ0n) is 15.2. The summed E-state index contributed by atoms with van der Waals surface area (Å²) in [7, 11) is 0. The summed E-state index contributed by atoms with van der Waals surface area (Å²) in [6.45, 7) is 5.73. The number of hydrogen-bond acceptors (Lipinski definition) is 2. The molecule has 0 aromatic heterocycles. The number of carbonyl (C=O) groups excluding carboxylic acids is 1. The van der Waals surface area contributed by atoms with E-state index in [0.717, 1.165) is 22.0 Å². The molecule has 1 atom stereocenters. The first-order chi connectivity index (χ1) is 12.3. The van der Waals surface area contributed by atoms with E-state index in [4.69, 9.17) is 11.6 Å². The molecule has 0 aliphatic rings. The molecule has 0 saturated carbocycles. The molecule has 1 unspecified atom stereocenters. The Kier molecular flexibility index (Phi) is 5.19. The van der Waals surface area contributed by atoms with Crippen LogP contribution in [0.3, 0.4) is 0 Å². The number of nitrogens with one attached hydrogen (secondary N) is 2. The minimum absolute atomic E-state index is 0.153. The number of hydrogen-bond donors (Lipinski definition) is 2. The molecule has 0 heterocycles. The molecule has 134 valence electrons. The summed E-state index contributed by atoms with van der Waals surface area (Å²) in [4.78, 5) is 12.0. The van der Waals surface area contributed by atoms with Gasteiger partial charge in [-0.15, -0.1) is 11.6 Å². The first kappa shape index (κ1) is 18.3. The van der Waals surface area contributed by atoms with Gasteiger partial charge in [0.2, 0.25) is 0 Å². The molecule has 0 spiro atoms. The Balaban J connectivity index is 1.88. The van der Waals surface area contributed by atoms with E-state index in [1.807, 2.05) is 63.2 Å². The lowest BCUT2D eigenvalue weighted by atomic mass is 10.1. The molecule has 0 fully saturated rings. The van der Waals surface area contributed by atoms with Crippen molar-refractivity contribution in [1.82, 2.24) is 5.32 Å². The molecule has 0 radical (unpaired) electrons. The van der Waals surface area contributed by atoms with Crippen LogP contribution in [-0.2, 0) is 0 Å². The van der Waals surface area contributed by atoms with Crippen LogP contribution in [0.4, 0.5) is 5.69 Å². The molecule has 26 heavy (non-hydrogen) atoms. The van der Waals surface area contributed by atoms with Crippen molar-refractivity contribution in [2.24, 2.45) is 0 Å². The summed E-state index contributed by atoms with van der Waals surface area (Å²) >= 11 is 6.59. The normalized spacial score (nSPS) is 12.6. The average molecular weight is 367 g/mol. The van der Waals surface area contributed by atoms with E-state index in [1.165, 1.54) is 0 Å². The Bertz CT molecular complexity index is 925. The highest BCUT2D eigenvalue weighted by Crippen LogP contribution is 2.27. The average Bonchev–Trinajstić information content (AvgIpc) is 2.60. The Morgan fingerprint density at radius 2 is 1.69 bits per heavy atom. The van der Waals surface area contributed by atoms with E-state index in [2.05, 4.69) is 28.8 Å². The van der Waals surface area contributed by atoms with Gasteiger partial charge in [0, 0.05) is 16.6 Å². The highest BCUT2D eigenvalue weighted by molar-refractivity contribution is 6.24. The summed E-state index contributed by atoms with van der Waals surface area (Å²) in [5, 5.41) is 8.67. The number of anilines is 1. The first-order valence-electron chi connectivity index (χ1n) is 8.65. The molecule has 0 saturated heterocycles. The zero-order chi connectivity index (χ0) is 18.7. The third kappa shape index (κ3) is 4.17. The number of amides is 1. The molecule has 4 heteroatoms. The van der Waals surface area contributed by atoms with Crippen LogP contribution in [-0.4, -0.2) is 16.9 Å². The maximum Gasteiger partial charge on any atom is 0.252 e. The number of halogens is 1. The second-order valence-electron chi connectivity index (χ2n) is 7.01. The third-order valence-electron chi connectivity index (χ3n) is 4.33. The van der Waals surface area contributed by atoms with Gasteiger partial charge in [-0.1, -0.05) is 54.1 Å². The number of aryl methyl sites for hydroxylation is 1. The van der Waals surface area contributed by atoms with Gasteiger partial charge in [0.1, 0.15) is 6.17 Å². The summed E-state index contributed by atoms with van der Waals surface area (Å²) in [6, 6.07) is 21.7. The minimum Gasteiger partial charge on any atom is -0.363 e. The van der Waals surface area contributed by atoms with Crippen molar-refractivity contribution in [3.8, 4) is 0 Å². The molecule has 2 N–H and O–H groups in total. The highest BCUT2D eigenvalue weighted by Gasteiger charge is 2.29. The van der Waals surface area contributed by atoms with E-state index in [1.54, 1.807) is 6.07 Å². The maximum atomic E-state index is 12.7. The first-order valence-corrected chi connectivity index (χ1v) is 9.03. The van der Waals surface area contributed by atoms with Gasteiger partial charge in [-0.3, -0.25) is 4.79 Å². The maximum absolute atomic E-state index is 12.7. The van der Waals surface area contributed by atoms with Crippen molar-refractivity contribution in [3.05, 3.63) is 77.9 Å². The fourth-order valence-electron chi connectivity index (χ4n) is 2.89. The quantitative estimate of drug-likeness (QED) is 0.473. The monoisotopic (exact) mass is 366 g/mol. The lowest BCUT2D eigenvalue weighted by Crippen LogP contribution is -2.51. The second kappa shape index (κ2) is 7.38. The predicted molar refractivity (Wildman–Crippen MR) is 110 cm³/mol. The standard InChI is InChI=1S/C22H23ClN2O/c1-15-8-6-11-17(14-15)20(26)25-21(22(2,3)23)24-19-13-7-10-16-9-4-5-12-18(16)19/h4-14,21,24H,1-3H3,(H,25,26). The van der Waals surface area contributed by atoms with Gasteiger partial charge in [-0.05, 0) is 44.4 Å². The van der Waals surface area contributed by atoms with Crippen LogP contribution in [0.15, 0.2) is 66.7 Å². The van der Waals surface area contributed by atoms with Gasteiger partial charge in [-0.2, -0.15) is 0 Å². The zero-order valence-corrected chi connectivity index (χ0v) is 16.0. The van der Waals surface area contributed by atoms with Crippen molar-refractivity contribution < 1.29 is 4.79 Å². The molecule has 0 aliphatic heterocycles. The molecule has 0 aliphatic carbocycles. The number of rotatable bonds is 5. The predicted octanol–water partition coefficient (Wildman–Crippen LogP) is 5.33. The van der Waals surface area contributed by atoms with Gasteiger partial charge in [0.05, 0.1) is 4.87 Å². The van der Waals surface area contributed by atoms with Crippen molar-refractivity contribution >= 4 is 34.0 Å². The molecule has 3 rings (SSSR count). The van der Waals surface area contributed by atoms with E-state index < -0.39 is 11.0 Å². The number of carbonyl (C=O) groups is 1. The summed E-state index contributed by atoms with van der Waals surface area (Å²) in [5.74, 6) is -0.153. The largest absolute Gasteiger partial charge is 0.363 e. The minimum atomic E-state index is -0.684. The van der Waals surface area contributed by atoms with E-state index in [0.29, 0.717) is 5.56 Å². The molecule has 3 aromatic carbocycles. The molecule has 1 amide bonds. The molecular weight excluding hydrogens is 344 g/mol. The molecule has 3 aromatic rings. The van der Waals surface area contributed by atoms with Crippen LogP contribution in [0.25, 0.3) is 10.8 Å². The van der Waals surface area contributed by atoms with Crippen molar-refractivity contribution in [1.29, 1.82) is 0 Å². The topological polar surface area (TPSA) is 41.1 Å². The fraction of sp³-hybridized carbons (Fsp3) is 0.227. The van der Waals surface area contributed by atoms with Gasteiger partial charge in [0.25, 0.3) is 5.91 Å². The Hall–Kier alpha value is -2.52. The van der Waals surface area contributed by atoms with Crippen LogP contribution >= 0.6 is 11.6 Å². The van der Waals surface area contributed by atoms with Crippen LogP contribution in [0, 0.1) is 6.92 Å². The van der Waals surface area contributed by atoms with E-state index >= 15 is 0 Å². The van der Waals surface area contributed by atoms with E-state index in [9.17, 15) is 4.79 Å². The third-order valence-corrected chi connectivity index (χ3v) is 4.55.